The van der Waals surface area contributed by atoms with Gasteiger partial charge < -0.3 is 20.0 Å². The Hall–Kier alpha value is -1.91. The third kappa shape index (κ3) is 8.33. The Balaban J connectivity index is 0.000000170. The second kappa shape index (κ2) is 16.3. The summed E-state index contributed by atoms with van der Waals surface area (Å²) in [5, 5.41) is 5.93. The number of fused-ring (bicyclic) bond motifs is 2. The van der Waals surface area contributed by atoms with Gasteiger partial charge >= 0.3 is 0 Å². The third-order valence-corrected chi connectivity index (χ3v) is 11.4. The van der Waals surface area contributed by atoms with Crippen LogP contribution in [0.3, 0.4) is 0 Å². The van der Waals surface area contributed by atoms with Crippen molar-refractivity contribution in [3.8, 4) is 0 Å². The smallest absolute Gasteiger partial charge is 0.246 e. The van der Waals surface area contributed by atoms with Crippen molar-refractivity contribution in [1.82, 2.24) is 23.9 Å². The number of nitrogens with one attached hydrogen (secondary N) is 1. The first-order chi connectivity index (χ1) is 21.5. The molecule has 2 amide bonds. The molecule has 0 atom stereocenters. The molecule has 4 aromatic rings. The SMILES string of the molecule is C=CC(=O)N1CCN(c2snc3c(F)c(Br)c(Cl)cc23)CC1.C=CC(=O)N1CCNCC1.Fc1c(Br)c(Cl)cc2c(Cl)snc12. The van der Waals surface area contributed by atoms with Gasteiger partial charge in [-0.25, -0.2) is 8.78 Å². The van der Waals surface area contributed by atoms with E-state index in [-0.39, 0.29) is 26.3 Å². The van der Waals surface area contributed by atoms with Crippen molar-refractivity contribution < 1.29 is 18.4 Å². The Labute approximate surface area is 298 Å². The zero-order chi connectivity index (χ0) is 32.8. The number of benzene rings is 2. The summed E-state index contributed by atoms with van der Waals surface area (Å²) in [5.74, 6) is -0.926. The summed E-state index contributed by atoms with van der Waals surface area (Å²) in [6, 6.07) is 3.32. The predicted octanol–water partition coefficient (Wildman–Crippen LogP) is 7.79. The zero-order valence-corrected chi connectivity index (χ0v) is 30.5. The van der Waals surface area contributed by atoms with Crippen LogP contribution in [-0.2, 0) is 9.59 Å². The number of rotatable bonds is 3. The van der Waals surface area contributed by atoms with Crippen LogP contribution in [0.25, 0.3) is 21.8 Å². The van der Waals surface area contributed by atoms with Gasteiger partial charge in [-0.2, -0.15) is 8.75 Å². The van der Waals surface area contributed by atoms with Crippen molar-refractivity contribution >= 4 is 128 Å². The third-order valence-electron chi connectivity index (χ3n) is 6.81. The van der Waals surface area contributed by atoms with Crippen LogP contribution in [0.1, 0.15) is 0 Å². The van der Waals surface area contributed by atoms with Crippen LogP contribution in [0.4, 0.5) is 13.8 Å². The largest absolute Gasteiger partial charge is 0.358 e. The highest BCUT2D eigenvalue weighted by molar-refractivity contribution is 9.10. The summed E-state index contributed by atoms with van der Waals surface area (Å²) < 4.78 is 36.6. The molecule has 4 heterocycles. The van der Waals surface area contributed by atoms with E-state index in [1.807, 2.05) is 0 Å². The van der Waals surface area contributed by atoms with Crippen molar-refractivity contribution in [3.63, 3.8) is 0 Å². The molecule has 0 bridgehead atoms. The number of amides is 2. The number of piperazine rings is 2. The first-order valence-electron chi connectivity index (χ1n) is 13.3. The van der Waals surface area contributed by atoms with Gasteiger partial charge in [-0.1, -0.05) is 48.0 Å². The van der Waals surface area contributed by atoms with Gasteiger partial charge in [-0.15, -0.1) is 0 Å². The quantitative estimate of drug-likeness (QED) is 0.168. The van der Waals surface area contributed by atoms with Gasteiger partial charge in [0.05, 0.1) is 19.0 Å². The van der Waals surface area contributed by atoms with Crippen LogP contribution in [0, 0.1) is 11.6 Å². The molecule has 2 aromatic heterocycles. The lowest BCUT2D eigenvalue weighted by Crippen LogP contribution is -2.48. The minimum absolute atomic E-state index is 0.0431. The van der Waals surface area contributed by atoms with E-state index in [1.54, 1.807) is 21.9 Å². The molecule has 240 valence electrons. The van der Waals surface area contributed by atoms with E-state index in [1.165, 1.54) is 23.7 Å². The number of anilines is 1. The normalized spacial score (nSPS) is 14.9. The van der Waals surface area contributed by atoms with Crippen molar-refractivity contribution in [3.05, 3.63) is 72.4 Å². The summed E-state index contributed by atoms with van der Waals surface area (Å²) in [7, 11) is 0. The van der Waals surface area contributed by atoms with Gasteiger partial charge in [-0.05, 0) is 79.2 Å². The highest BCUT2D eigenvalue weighted by atomic mass is 79.9. The Bertz CT molecular complexity index is 1740. The topological polar surface area (TPSA) is 81.7 Å². The molecule has 2 aromatic carbocycles. The highest BCUT2D eigenvalue weighted by Gasteiger charge is 2.24. The van der Waals surface area contributed by atoms with Crippen LogP contribution < -0.4 is 10.2 Å². The van der Waals surface area contributed by atoms with Gasteiger partial charge in [0.15, 0.2) is 11.6 Å². The molecule has 2 saturated heterocycles. The highest BCUT2D eigenvalue weighted by Crippen LogP contribution is 2.39. The van der Waals surface area contributed by atoms with Crippen LogP contribution >= 0.6 is 89.7 Å². The molecule has 0 aliphatic carbocycles. The molecule has 0 saturated carbocycles. The van der Waals surface area contributed by atoms with Crippen molar-refractivity contribution in [1.29, 1.82) is 0 Å². The van der Waals surface area contributed by atoms with Crippen LogP contribution in [0.5, 0.6) is 0 Å². The first kappa shape index (κ1) is 35.9. The lowest BCUT2D eigenvalue weighted by molar-refractivity contribution is -0.127. The van der Waals surface area contributed by atoms with E-state index in [4.69, 9.17) is 34.8 Å². The lowest BCUT2D eigenvalue weighted by Gasteiger charge is -2.34. The summed E-state index contributed by atoms with van der Waals surface area (Å²) in [5.41, 5.74) is 0.576. The van der Waals surface area contributed by atoms with Crippen molar-refractivity contribution in [2.75, 3.05) is 57.3 Å². The number of nitrogens with zero attached hydrogens (tertiary/aromatic N) is 5. The maximum Gasteiger partial charge on any atom is 0.246 e. The van der Waals surface area contributed by atoms with E-state index in [9.17, 15) is 18.4 Å². The van der Waals surface area contributed by atoms with E-state index >= 15 is 0 Å². The Morgan fingerprint density at radius 3 is 1.80 bits per heavy atom. The van der Waals surface area contributed by atoms with Crippen LogP contribution in [-0.4, -0.2) is 82.7 Å². The fourth-order valence-corrected chi connectivity index (χ4v) is 7.18. The summed E-state index contributed by atoms with van der Waals surface area (Å²) in [6.45, 7) is 12.9. The predicted molar refractivity (Wildman–Crippen MR) is 188 cm³/mol. The van der Waals surface area contributed by atoms with E-state index in [0.29, 0.717) is 56.8 Å². The fourth-order valence-electron chi connectivity index (χ4n) is 4.44. The van der Waals surface area contributed by atoms with Crippen molar-refractivity contribution in [2.24, 2.45) is 0 Å². The maximum absolute atomic E-state index is 14.2. The Morgan fingerprint density at radius 1 is 0.800 bits per heavy atom. The minimum atomic E-state index is -0.467. The number of halogens is 7. The number of aromatic nitrogens is 2. The number of hydrogen-bond donors (Lipinski definition) is 1. The summed E-state index contributed by atoms with van der Waals surface area (Å²) >= 11 is 26.0. The molecule has 17 heteroatoms. The molecule has 2 aliphatic rings. The summed E-state index contributed by atoms with van der Waals surface area (Å²) in [6.07, 6.45) is 2.69. The molecular weight excluding hydrogens is 821 g/mol. The molecule has 0 spiro atoms. The van der Waals surface area contributed by atoms with Gasteiger partial charge in [-0.3, -0.25) is 9.59 Å². The fraction of sp³-hybridized carbons (Fsp3) is 0.286. The molecule has 2 fully saturated rings. The Kier molecular flexibility index (Phi) is 13.0. The zero-order valence-electron chi connectivity index (χ0n) is 23.4. The van der Waals surface area contributed by atoms with Crippen LogP contribution in [0.15, 0.2) is 46.4 Å². The van der Waals surface area contributed by atoms with E-state index in [0.717, 1.165) is 42.7 Å². The van der Waals surface area contributed by atoms with E-state index < -0.39 is 11.6 Å². The molecule has 1 N–H and O–H groups in total. The standard InChI is InChI=1S/C14H12BrClFN3OS.C7HBrCl2FNS.C7H12N2O/c1-2-10(21)19-3-5-20(6-4-19)14-8-7-9(16)11(15)12(17)13(8)18-22-14;8-4-3(9)1-2-6(5(4)11)12-13-7(2)10;1-2-7(10)9-5-3-8-4-6-9/h2,7H,1,3-6H2;1H;2,8H,1,3-6H2. The summed E-state index contributed by atoms with van der Waals surface area (Å²) in [4.78, 5) is 28.2. The number of hydrogen-bond acceptors (Lipinski definition) is 8. The molecule has 0 unspecified atom stereocenters. The second-order valence-corrected chi connectivity index (χ2v) is 14.0. The average Bonchev–Trinajstić information content (AvgIpc) is 3.66. The molecule has 0 radical (unpaired) electrons. The van der Waals surface area contributed by atoms with Gasteiger partial charge in [0.1, 0.15) is 20.4 Å². The second-order valence-electron chi connectivity index (χ2n) is 9.50. The first-order valence-corrected chi connectivity index (χ1v) is 17.5. The number of carbonyl (C=O) groups is 2. The Morgan fingerprint density at radius 2 is 1.27 bits per heavy atom. The average molecular weight is 846 g/mol. The molecule has 6 rings (SSSR count). The maximum atomic E-state index is 14.2. The number of carbonyl (C=O) groups excluding carboxylic acids is 2. The minimum Gasteiger partial charge on any atom is -0.358 e. The molecule has 8 nitrogen and oxygen atoms in total. The van der Waals surface area contributed by atoms with Gasteiger partial charge in [0, 0.05) is 63.1 Å². The van der Waals surface area contributed by atoms with Crippen molar-refractivity contribution in [2.45, 2.75) is 0 Å². The van der Waals surface area contributed by atoms with Crippen LogP contribution in [0.2, 0.25) is 14.4 Å². The lowest BCUT2D eigenvalue weighted by atomic mass is 10.2. The van der Waals surface area contributed by atoms with Gasteiger partial charge in [0.25, 0.3) is 0 Å². The molecular formula is C28H25Br2Cl3F2N6O2S2. The molecule has 45 heavy (non-hydrogen) atoms. The van der Waals surface area contributed by atoms with E-state index in [2.05, 4.69) is 64.0 Å². The molecule has 2 aliphatic heterocycles. The van der Waals surface area contributed by atoms with Gasteiger partial charge in [0.2, 0.25) is 11.8 Å². The monoisotopic (exact) mass is 842 g/mol.